The standard InChI is InChI=1S/C16H27N3O/c1-18(2)13-14-6-8-19(9-7-14)10-11-20-16-5-3-4-15(17)12-16/h3-5,12,14H,6-11,13,17H2,1-2H3. The molecule has 2 N–H and O–H groups in total. The van der Waals surface area contributed by atoms with E-state index in [-0.39, 0.29) is 0 Å². The molecule has 0 bridgehead atoms. The zero-order valence-corrected chi connectivity index (χ0v) is 12.7. The van der Waals surface area contributed by atoms with Crippen molar-refractivity contribution >= 4 is 5.69 Å². The summed E-state index contributed by atoms with van der Waals surface area (Å²) in [5, 5.41) is 0. The van der Waals surface area contributed by atoms with Gasteiger partial charge in [0.1, 0.15) is 12.4 Å². The maximum atomic E-state index is 5.75. The van der Waals surface area contributed by atoms with Gasteiger partial charge in [-0.3, -0.25) is 4.90 Å². The average molecular weight is 277 g/mol. The molecule has 1 saturated heterocycles. The molecule has 2 rings (SSSR count). The number of benzene rings is 1. The fourth-order valence-electron chi connectivity index (χ4n) is 2.81. The van der Waals surface area contributed by atoms with Crippen molar-refractivity contribution in [1.82, 2.24) is 9.80 Å². The van der Waals surface area contributed by atoms with Crippen molar-refractivity contribution < 1.29 is 4.74 Å². The van der Waals surface area contributed by atoms with Crippen LogP contribution in [0.15, 0.2) is 24.3 Å². The van der Waals surface area contributed by atoms with E-state index < -0.39 is 0 Å². The third-order valence-corrected chi connectivity index (χ3v) is 3.86. The smallest absolute Gasteiger partial charge is 0.121 e. The maximum Gasteiger partial charge on any atom is 0.121 e. The topological polar surface area (TPSA) is 41.7 Å². The molecule has 1 heterocycles. The molecule has 20 heavy (non-hydrogen) atoms. The van der Waals surface area contributed by atoms with Crippen LogP contribution in [0.3, 0.4) is 0 Å². The number of ether oxygens (including phenoxy) is 1. The first kappa shape index (κ1) is 15.1. The monoisotopic (exact) mass is 277 g/mol. The minimum Gasteiger partial charge on any atom is -0.492 e. The highest BCUT2D eigenvalue weighted by atomic mass is 16.5. The number of nitrogens with zero attached hydrogens (tertiary/aromatic N) is 2. The van der Waals surface area contributed by atoms with E-state index in [0.717, 1.165) is 30.5 Å². The lowest BCUT2D eigenvalue weighted by atomic mass is 9.96. The Morgan fingerprint density at radius 3 is 2.70 bits per heavy atom. The number of nitrogen functional groups attached to an aromatic ring is 1. The van der Waals surface area contributed by atoms with Crippen molar-refractivity contribution in [2.24, 2.45) is 5.92 Å². The van der Waals surface area contributed by atoms with E-state index in [9.17, 15) is 0 Å². The van der Waals surface area contributed by atoms with Gasteiger partial charge in [-0.15, -0.1) is 0 Å². The summed E-state index contributed by atoms with van der Waals surface area (Å²) in [7, 11) is 4.32. The van der Waals surface area contributed by atoms with Gasteiger partial charge >= 0.3 is 0 Å². The van der Waals surface area contributed by atoms with Gasteiger partial charge in [0, 0.05) is 24.8 Å². The van der Waals surface area contributed by atoms with Crippen LogP contribution in [0.2, 0.25) is 0 Å². The van der Waals surface area contributed by atoms with E-state index in [4.69, 9.17) is 10.5 Å². The van der Waals surface area contributed by atoms with Crippen molar-refractivity contribution in [1.29, 1.82) is 0 Å². The van der Waals surface area contributed by atoms with E-state index >= 15 is 0 Å². The van der Waals surface area contributed by atoms with Crippen LogP contribution in [0.25, 0.3) is 0 Å². The maximum absolute atomic E-state index is 5.75. The first-order valence-corrected chi connectivity index (χ1v) is 7.49. The summed E-state index contributed by atoms with van der Waals surface area (Å²) < 4.78 is 5.75. The van der Waals surface area contributed by atoms with Crippen molar-refractivity contribution in [2.45, 2.75) is 12.8 Å². The Morgan fingerprint density at radius 2 is 2.05 bits per heavy atom. The number of hydrogen-bond acceptors (Lipinski definition) is 4. The SMILES string of the molecule is CN(C)CC1CCN(CCOc2cccc(N)c2)CC1. The van der Waals surface area contributed by atoms with Crippen LogP contribution in [0.5, 0.6) is 5.75 Å². The number of anilines is 1. The third kappa shape index (κ3) is 5.02. The summed E-state index contributed by atoms with van der Waals surface area (Å²) in [6.07, 6.45) is 2.60. The minimum absolute atomic E-state index is 0.738. The van der Waals surface area contributed by atoms with E-state index in [1.807, 2.05) is 24.3 Å². The predicted octanol–water partition coefficient (Wildman–Crippen LogP) is 1.92. The highest BCUT2D eigenvalue weighted by Crippen LogP contribution is 2.18. The molecule has 0 aliphatic carbocycles. The Morgan fingerprint density at radius 1 is 1.30 bits per heavy atom. The lowest BCUT2D eigenvalue weighted by Gasteiger charge is -2.33. The van der Waals surface area contributed by atoms with Gasteiger partial charge in [0.2, 0.25) is 0 Å². The van der Waals surface area contributed by atoms with Crippen LogP contribution in [0, 0.1) is 5.92 Å². The van der Waals surface area contributed by atoms with E-state index in [0.29, 0.717) is 0 Å². The van der Waals surface area contributed by atoms with Crippen LogP contribution in [-0.2, 0) is 0 Å². The molecule has 1 fully saturated rings. The molecule has 0 spiro atoms. The zero-order chi connectivity index (χ0) is 14.4. The van der Waals surface area contributed by atoms with Gasteiger partial charge < -0.3 is 15.4 Å². The van der Waals surface area contributed by atoms with E-state index in [1.54, 1.807) is 0 Å². The van der Waals surface area contributed by atoms with Crippen molar-refractivity contribution in [2.75, 3.05) is 52.6 Å². The molecule has 4 heteroatoms. The summed E-state index contributed by atoms with van der Waals surface area (Å²) in [5.41, 5.74) is 6.49. The Balaban J connectivity index is 1.64. The highest BCUT2D eigenvalue weighted by Gasteiger charge is 2.19. The molecule has 1 aliphatic heterocycles. The predicted molar refractivity (Wildman–Crippen MR) is 84.1 cm³/mol. The van der Waals surface area contributed by atoms with Crippen LogP contribution in [0.4, 0.5) is 5.69 Å². The van der Waals surface area contributed by atoms with Gasteiger partial charge in [-0.2, -0.15) is 0 Å². The quantitative estimate of drug-likeness (QED) is 0.807. The van der Waals surface area contributed by atoms with Gasteiger partial charge in [0.15, 0.2) is 0 Å². The fraction of sp³-hybridized carbons (Fsp3) is 0.625. The molecule has 0 saturated carbocycles. The fourth-order valence-corrected chi connectivity index (χ4v) is 2.81. The zero-order valence-electron chi connectivity index (χ0n) is 12.7. The number of likely N-dealkylation sites (tertiary alicyclic amines) is 1. The summed E-state index contributed by atoms with van der Waals surface area (Å²) in [4.78, 5) is 4.79. The third-order valence-electron chi connectivity index (χ3n) is 3.86. The first-order chi connectivity index (χ1) is 9.63. The van der Waals surface area contributed by atoms with Crippen LogP contribution >= 0.6 is 0 Å². The van der Waals surface area contributed by atoms with Gasteiger partial charge in [0.05, 0.1) is 0 Å². The van der Waals surface area contributed by atoms with E-state index in [2.05, 4.69) is 23.9 Å². The Bertz CT molecular complexity index is 400. The molecule has 1 aliphatic rings. The molecular weight excluding hydrogens is 250 g/mol. The first-order valence-electron chi connectivity index (χ1n) is 7.49. The number of nitrogens with two attached hydrogens (primary N) is 1. The molecule has 1 aromatic rings. The van der Waals surface area contributed by atoms with Crippen LogP contribution in [-0.4, -0.2) is 56.7 Å². The van der Waals surface area contributed by atoms with Crippen molar-refractivity contribution in [3.63, 3.8) is 0 Å². The largest absolute Gasteiger partial charge is 0.492 e. The lowest BCUT2D eigenvalue weighted by Crippen LogP contribution is -2.39. The van der Waals surface area contributed by atoms with Gasteiger partial charge in [-0.25, -0.2) is 0 Å². The van der Waals surface area contributed by atoms with Gasteiger partial charge in [0.25, 0.3) is 0 Å². The second kappa shape index (κ2) is 7.50. The van der Waals surface area contributed by atoms with Crippen LogP contribution < -0.4 is 10.5 Å². The highest BCUT2D eigenvalue weighted by molar-refractivity contribution is 5.43. The Hall–Kier alpha value is -1.26. The number of hydrogen-bond donors (Lipinski definition) is 1. The Kier molecular flexibility index (Phi) is 5.68. The molecule has 0 atom stereocenters. The number of rotatable bonds is 6. The van der Waals surface area contributed by atoms with E-state index in [1.165, 1.54) is 32.5 Å². The summed E-state index contributed by atoms with van der Waals surface area (Å²) in [6.45, 7) is 5.34. The molecule has 0 radical (unpaired) electrons. The molecular formula is C16H27N3O. The van der Waals surface area contributed by atoms with Gasteiger partial charge in [-0.1, -0.05) is 6.07 Å². The molecule has 1 aromatic carbocycles. The van der Waals surface area contributed by atoms with Gasteiger partial charge in [-0.05, 0) is 58.1 Å². The number of piperidine rings is 1. The van der Waals surface area contributed by atoms with Crippen molar-refractivity contribution in [3.05, 3.63) is 24.3 Å². The molecule has 112 valence electrons. The molecule has 4 nitrogen and oxygen atoms in total. The Labute approximate surface area is 122 Å². The van der Waals surface area contributed by atoms with Crippen LogP contribution in [0.1, 0.15) is 12.8 Å². The summed E-state index contributed by atoms with van der Waals surface area (Å²) in [5.74, 6) is 1.73. The average Bonchev–Trinajstić information content (AvgIpc) is 2.40. The minimum atomic E-state index is 0.738. The lowest BCUT2D eigenvalue weighted by molar-refractivity contribution is 0.141. The van der Waals surface area contributed by atoms with Crippen molar-refractivity contribution in [3.8, 4) is 5.75 Å². The molecule has 0 amide bonds. The second-order valence-corrected chi connectivity index (χ2v) is 5.97. The second-order valence-electron chi connectivity index (χ2n) is 5.97. The molecule has 0 unspecified atom stereocenters. The summed E-state index contributed by atoms with van der Waals surface area (Å²) in [6, 6.07) is 7.64. The normalized spacial score (nSPS) is 17.6. The molecule has 0 aromatic heterocycles. The summed E-state index contributed by atoms with van der Waals surface area (Å²) >= 11 is 0.